The fourth-order valence-corrected chi connectivity index (χ4v) is 1.73. The van der Waals surface area contributed by atoms with Crippen molar-refractivity contribution in [2.75, 3.05) is 6.54 Å². The van der Waals surface area contributed by atoms with E-state index in [9.17, 15) is 4.39 Å². The maximum atomic E-state index is 14.8. The van der Waals surface area contributed by atoms with Gasteiger partial charge in [0.15, 0.2) is 0 Å². The lowest BCUT2D eigenvalue weighted by molar-refractivity contribution is 0.0350. The number of rotatable bonds is 4. The van der Waals surface area contributed by atoms with E-state index in [1.807, 2.05) is 34.6 Å². The van der Waals surface area contributed by atoms with Gasteiger partial charge < -0.3 is 5.73 Å². The zero-order chi connectivity index (χ0) is 13.3. The molecule has 4 nitrogen and oxygen atoms in total. The summed E-state index contributed by atoms with van der Waals surface area (Å²) in [5.74, 6) is 0.655. The Balaban J connectivity index is 3.00. The molecule has 0 aromatic carbocycles. The van der Waals surface area contributed by atoms with Crippen LogP contribution in [0.5, 0.6) is 0 Å². The number of hydrogen-bond acceptors (Lipinski definition) is 3. The molecule has 1 atom stereocenters. The van der Waals surface area contributed by atoms with E-state index >= 15 is 0 Å². The second-order valence-corrected chi connectivity index (χ2v) is 5.81. The molecule has 2 N–H and O–H groups in total. The number of nitrogens with zero attached hydrogens (tertiary/aromatic N) is 3. The molecule has 0 fully saturated rings. The Bertz CT molecular complexity index is 367. The molecule has 1 heterocycles. The fourth-order valence-electron chi connectivity index (χ4n) is 1.73. The van der Waals surface area contributed by atoms with Gasteiger partial charge in [0.1, 0.15) is 17.8 Å². The highest BCUT2D eigenvalue weighted by molar-refractivity contribution is 5.02. The van der Waals surface area contributed by atoms with Gasteiger partial charge in [-0.1, -0.05) is 20.8 Å². The van der Waals surface area contributed by atoms with Crippen molar-refractivity contribution in [3.05, 3.63) is 12.2 Å². The van der Waals surface area contributed by atoms with E-state index in [4.69, 9.17) is 5.73 Å². The van der Waals surface area contributed by atoms with Crippen molar-refractivity contribution >= 4 is 0 Å². The Labute approximate surface area is 102 Å². The lowest BCUT2D eigenvalue weighted by Crippen LogP contribution is -2.47. The van der Waals surface area contributed by atoms with Gasteiger partial charge in [-0.3, -0.25) is 0 Å². The maximum absolute atomic E-state index is 14.8. The summed E-state index contributed by atoms with van der Waals surface area (Å²) < 4.78 is 16.6. The predicted octanol–water partition coefficient (Wildman–Crippen LogP) is 2.11. The van der Waals surface area contributed by atoms with Crippen molar-refractivity contribution in [3.8, 4) is 0 Å². The molecule has 1 aromatic rings. The van der Waals surface area contributed by atoms with Gasteiger partial charge in [0.2, 0.25) is 0 Å². The van der Waals surface area contributed by atoms with Crippen LogP contribution in [-0.2, 0) is 6.42 Å². The van der Waals surface area contributed by atoms with Gasteiger partial charge in [-0.25, -0.2) is 14.1 Å². The summed E-state index contributed by atoms with van der Waals surface area (Å²) in [6.07, 6.45) is 1.67. The second-order valence-electron chi connectivity index (χ2n) is 5.81. The highest BCUT2D eigenvalue weighted by Crippen LogP contribution is 2.36. The zero-order valence-corrected chi connectivity index (χ0v) is 11.4. The quantitative estimate of drug-likeness (QED) is 0.879. The SMILES string of the molecule is CC(C)n1ncnc1CC(F)(CN)C(C)(C)C. The molecule has 0 aliphatic rings. The Morgan fingerprint density at radius 1 is 1.41 bits per heavy atom. The molecule has 17 heavy (non-hydrogen) atoms. The van der Waals surface area contributed by atoms with Crippen molar-refractivity contribution in [1.82, 2.24) is 14.8 Å². The smallest absolute Gasteiger partial charge is 0.138 e. The third-order valence-electron chi connectivity index (χ3n) is 3.24. The largest absolute Gasteiger partial charge is 0.327 e. The molecular weight excluding hydrogens is 219 g/mol. The van der Waals surface area contributed by atoms with Gasteiger partial charge in [0, 0.05) is 19.0 Å². The molecular formula is C12H23FN4. The first-order chi connectivity index (χ1) is 7.71. The van der Waals surface area contributed by atoms with Gasteiger partial charge in [0.05, 0.1) is 0 Å². The number of hydrogen-bond donors (Lipinski definition) is 1. The minimum Gasteiger partial charge on any atom is -0.327 e. The van der Waals surface area contributed by atoms with Gasteiger partial charge in [-0.15, -0.1) is 0 Å². The first-order valence-corrected chi connectivity index (χ1v) is 5.98. The van der Waals surface area contributed by atoms with Crippen LogP contribution in [0.15, 0.2) is 6.33 Å². The molecule has 0 aliphatic carbocycles. The molecule has 0 aliphatic heterocycles. The van der Waals surface area contributed by atoms with E-state index in [0.29, 0.717) is 5.82 Å². The molecule has 5 heteroatoms. The Kier molecular flexibility index (Phi) is 3.91. The molecule has 0 radical (unpaired) electrons. The zero-order valence-electron chi connectivity index (χ0n) is 11.4. The van der Waals surface area contributed by atoms with E-state index < -0.39 is 11.1 Å². The maximum Gasteiger partial charge on any atom is 0.138 e. The number of alkyl halides is 1. The summed E-state index contributed by atoms with van der Waals surface area (Å²) in [6, 6.07) is 0.175. The van der Waals surface area contributed by atoms with E-state index in [0.717, 1.165) is 0 Å². The lowest BCUT2D eigenvalue weighted by atomic mass is 9.75. The van der Waals surface area contributed by atoms with E-state index in [-0.39, 0.29) is 19.0 Å². The molecule has 0 amide bonds. The van der Waals surface area contributed by atoms with Crippen LogP contribution < -0.4 is 5.73 Å². The third kappa shape index (κ3) is 2.83. The van der Waals surface area contributed by atoms with Gasteiger partial charge in [-0.05, 0) is 19.3 Å². The summed E-state index contributed by atoms with van der Waals surface area (Å²) in [7, 11) is 0. The van der Waals surface area contributed by atoms with Crippen LogP contribution in [0.25, 0.3) is 0 Å². The Morgan fingerprint density at radius 3 is 2.41 bits per heavy atom. The molecule has 0 spiro atoms. The van der Waals surface area contributed by atoms with Crippen LogP contribution in [0.1, 0.15) is 46.5 Å². The molecule has 0 saturated heterocycles. The van der Waals surface area contributed by atoms with Crippen LogP contribution >= 0.6 is 0 Å². The molecule has 1 unspecified atom stereocenters. The van der Waals surface area contributed by atoms with Gasteiger partial charge >= 0.3 is 0 Å². The monoisotopic (exact) mass is 242 g/mol. The highest BCUT2D eigenvalue weighted by atomic mass is 19.1. The minimum atomic E-state index is -1.47. The summed E-state index contributed by atoms with van der Waals surface area (Å²) in [6.45, 7) is 9.55. The summed E-state index contributed by atoms with van der Waals surface area (Å²) in [5, 5.41) is 4.11. The van der Waals surface area contributed by atoms with E-state index in [2.05, 4.69) is 10.1 Å². The first kappa shape index (κ1) is 14.1. The normalized spacial score (nSPS) is 16.2. The molecule has 98 valence electrons. The van der Waals surface area contributed by atoms with Crippen LogP contribution in [0.3, 0.4) is 0 Å². The molecule has 0 saturated carbocycles. The van der Waals surface area contributed by atoms with Gasteiger partial charge in [0.25, 0.3) is 0 Å². The fraction of sp³-hybridized carbons (Fsp3) is 0.833. The van der Waals surface area contributed by atoms with Gasteiger partial charge in [-0.2, -0.15) is 5.10 Å². The predicted molar refractivity (Wildman–Crippen MR) is 66.5 cm³/mol. The standard InChI is InChI=1S/C12H23FN4/c1-9(2)17-10(15-8-16-17)6-12(13,7-14)11(3,4)5/h8-9H,6-7,14H2,1-5H3. The second kappa shape index (κ2) is 4.72. The highest BCUT2D eigenvalue weighted by Gasteiger charge is 2.42. The lowest BCUT2D eigenvalue weighted by Gasteiger charge is -2.36. The molecule has 1 aromatic heterocycles. The van der Waals surface area contributed by atoms with Crippen LogP contribution in [0, 0.1) is 5.41 Å². The molecule has 1 rings (SSSR count). The van der Waals surface area contributed by atoms with Crippen molar-refractivity contribution in [3.63, 3.8) is 0 Å². The van der Waals surface area contributed by atoms with Crippen molar-refractivity contribution in [2.45, 2.75) is 52.8 Å². The van der Waals surface area contributed by atoms with E-state index in [1.165, 1.54) is 6.33 Å². The third-order valence-corrected chi connectivity index (χ3v) is 3.24. The van der Waals surface area contributed by atoms with Crippen molar-refractivity contribution in [2.24, 2.45) is 11.1 Å². The topological polar surface area (TPSA) is 56.7 Å². The Hall–Kier alpha value is -0.970. The Morgan fingerprint density at radius 2 is 2.00 bits per heavy atom. The molecule has 0 bridgehead atoms. The average molecular weight is 242 g/mol. The summed E-state index contributed by atoms with van der Waals surface area (Å²) in [4.78, 5) is 4.14. The first-order valence-electron chi connectivity index (χ1n) is 5.98. The summed E-state index contributed by atoms with van der Waals surface area (Å²) >= 11 is 0. The van der Waals surface area contributed by atoms with Crippen molar-refractivity contribution < 1.29 is 4.39 Å². The summed E-state index contributed by atoms with van der Waals surface area (Å²) in [5.41, 5.74) is 3.62. The minimum absolute atomic E-state index is 0.0124. The average Bonchev–Trinajstić information content (AvgIpc) is 2.63. The van der Waals surface area contributed by atoms with Crippen LogP contribution in [-0.4, -0.2) is 27.0 Å². The van der Waals surface area contributed by atoms with E-state index in [1.54, 1.807) is 4.68 Å². The van der Waals surface area contributed by atoms with Crippen LogP contribution in [0.4, 0.5) is 4.39 Å². The number of halogens is 1. The van der Waals surface area contributed by atoms with Crippen LogP contribution in [0.2, 0.25) is 0 Å². The number of aromatic nitrogens is 3. The van der Waals surface area contributed by atoms with Crippen molar-refractivity contribution in [1.29, 1.82) is 0 Å². The number of nitrogens with two attached hydrogens (primary N) is 1.